The standard InChI is InChI=1S/C20H20BrNO3/c1-12-4-5-13(2)19(14(12)3)25-20(24)15-10-18(23)22(11-15)17-8-6-16(21)7-9-17/h4-9,15H,10-11H2,1-3H3. The van der Waals surface area contributed by atoms with E-state index in [0.29, 0.717) is 12.3 Å². The Morgan fingerprint density at radius 1 is 1.08 bits per heavy atom. The van der Waals surface area contributed by atoms with Gasteiger partial charge in [-0.3, -0.25) is 9.59 Å². The summed E-state index contributed by atoms with van der Waals surface area (Å²) in [6.45, 7) is 6.20. The number of nitrogens with zero attached hydrogens (tertiary/aromatic N) is 1. The van der Waals surface area contributed by atoms with Gasteiger partial charge in [0.2, 0.25) is 5.91 Å². The smallest absolute Gasteiger partial charge is 0.316 e. The van der Waals surface area contributed by atoms with Gasteiger partial charge in [0, 0.05) is 23.1 Å². The fraction of sp³-hybridized carbons (Fsp3) is 0.300. The van der Waals surface area contributed by atoms with Crippen LogP contribution in [0.4, 0.5) is 5.69 Å². The number of carbonyl (C=O) groups excluding carboxylic acids is 2. The molecular weight excluding hydrogens is 382 g/mol. The minimum absolute atomic E-state index is 0.0537. The molecule has 0 spiro atoms. The number of ether oxygens (including phenoxy) is 1. The molecule has 2 aromatic carbocycles. The van der Waals surface area contributed by atoms with E-state index in [1.165, 1.54) is 0 Å². The summed E-state index contributed by atoms with van der Waals surface area (Å²) < 4.78 is 6.62. The van der Waals surface area contributed by atoms with Gasteiger partial charge < -0.3 is 9.64 Å². The predicted octanol–water partition coefficient (Wildman–Crippen LogP) is 4.33. The van der Waals surface area contributed by atoms with Crippen LogP contribution < -0.4 is 9.64 Å². The molecule has 1 amide bonds. The highest BCUT2D eigenvalue weighted by Crippen LogP contribution is 2.30. The van der Waals surface area contributed by atoms with Gasteiger partial charge >= 0.3 is 5.97 Å². The predicted molar refractivity (Wildman–Crippen MR) is 101 cm³/mol. The number of amides is 1. The Morgan fingerprint density at radius 3 is 2.40 bits per heavy atom. The first-order chi connectivity index (χ1) is 11.9. The fourth-order valence-electron chi connectivity index (χ4n) is 3.00. The SMILES string of the molecule is Cc1ccc(C)c(OC(=O)C2CC(=O)N(c3ccc(Br)cc3)C2)c1C. The molecule has 3 rings (SSSR count). The molecule has 1 atom stereocenters. The van der Waals surface area contributed by atoms with Crippen LogP contribution in [0.2, 0.25) is 0 Å². The highest BCUT2D eigenvalue weighted by Gasteiger charge is 2.36. The highest BCUT2D eigenvalue weighted by atomic mass is 79.9. The van der Waals surface area contributed by atoms with Crippen LogP contribution in [-0.2, 0) is 9.59 Å². The number of anilines is 1. The number of hydrogen-bond donors (Lipinski definition) is 0. The van der Waals surface area contributed by atoms with Gasteiger partial charge in [-0.2, -0.15) is 0 Å². The first-order valence-corrected chi connectivity index (χ1v) is 9.00. The Kier molecular flexibility index (Phi) is 4.95. The molecule has 2 aromatic rings. The van der Waals surface area contributed by atoms with Gasteiger partial charge in [-0.1, -0.05) is 28.1 Å². The van der Waals surface area contributed by atoms with Crippen molar-refractivity contribution in [3.8, 4) is 5.75 Å². The molecule has 1 unspecified atom stereocenters. The number of halogens is 1. The van der Waals surface area contributed by atoms with Crippen molar-refractivity contribution in [2.24, 2.45) is 5.92 Å². The van der Waals surface area contributed by atoms with Crippen molar-refractivity contribution in [3.63, 3.8) is 0 Å². The molecule has 1 aliphatic heterocycles. The van der Waals surface area contributed by atoms with Gasteiger partial charge in [-0.25, -0.2) is 0 Å². The lowest BCUT2D eigenvalue weighted by Crippen LogP contribution is -2.27. The largest absolute Gasteiger partial charge is 0.426 e. The molecule has 130 valence electrons. The molecule has 5 heteroatoms. The zero-order valence-corrected chi connectivity index (χ0v) is 16.1. The van der Waals surface area contributed by atoms with Crippen molar-refractivity contribution in [2.75, 3.05) is 11.4 Å². The van der Waals surface area contributed by atoms with E-state index in [1.54, 1.807) is 4.90 Å². The zero-order valence-electron chi connectivity index (χ0n) is 14.5. The third-order valence-corrected chi connectivity index (χ3v) is 5.20. The Labute approximate surface area is 155 Å². The molecule has 0 radical (unpaired) electrons. The van der Waals surface area contributed by atoms with Gasteiger partial charge in [0.15, 0.2) is 0 Å². The Bertz CT molecular complexity index is 830. The van der Waals surface area contributed by atoms with Crippen molar-refractivity contribution in [1.29, 1.82) is 0 Å². The van der Waals surface area contributed by atoms with Gasteiger partial charge in [-0.05, 0) is 61.7 Å². The third-order valence-electron chi connectivity index (χ3n) is 4.67. The van der Waals surface area contributed by atoms with E-state index in [2.05, 4.69) is 15.9 Å². The molecule has 0 bridgehead atoms. The molecule has 0 aromatic heterocycles. The van der Waals surface area contributed by atoms with Gasteiger partial charge in [0.05, 0.1) is 5.92 Å². The van der Waals surface area contributed by atoms with Crippen LogP contribution in [0.3, 0.4) is 0 Å². The summed E-state index contributed by atoms with van der Waals surface area (Å²) in [4.78, 5) is 26.6. The second-order valence-electron chi connectivity index (χ2n) is 6.46. The number of carbonyl (C=O) groups is 2. The number of hydrogen-bond acceptors (Lipinski definition) is 3. The number of aryl methyl sites for hydroxylation is 2. The van der Waals surface area contributed by atoms with Crippen molar-refractivity contribution in [2.45, 2.75) is 27.2 Å². The summed E-state index contributed by atoms with van der Waals surface area (Å²) in [5.74, 6) is -0.235. The first kappa shape index (κ1) is 17.7. The van der Waals surface area contributed by atoms with Crippen LogP contribution in [0.1, 0.15) is 23.1 Å². The van der Waals surface area contributed by atoms with Crippen LogP contribution in [0, 0.1) is 26.7 Å². The molecule has 0 N–H and O–H groups in total. The molecule has 4 nitrogen and oxygen atoms in total. The monoisotopic (exact) mass is 401 g/mol. The summed E-state index contributed by atoms with van der Waals surface area (Å²) in [5, 5.41) is 0. The zero-order chi connectivity index (χ0) is 18.1. The summed E-state index contributed by atoms with van der Waals surface area (Å²) in [6, 6.07) is 11.5. The average Bonchev–Trinajstić information content (AvgIpc) is 2.98. The normalized spacial score (nSPS) is 17.0. The quantitative estimate of drug-likeness (QED) is 0.567. The second kappa shape index (κ2) is 7.00. The number of rotatable bonds is 3. The van der Waals surface area contributed by atoms with Gasteiger partial charge in [0.25, 0.3) is 0 Å². The summed E-state index contributed by atoms with van der Waals surface area (Å²) in [5.41, 5.74) is 3.76. The van der Waals surface area contributed by atoms with Crippen LogP contribution in [0.15, 0.2) is 40.9 Å². The molecule has 25 heavy (non-hydrogen) atoms. The third kappa shape index (κ3) is 3.61. The van der Waals surface area contributed by atoms with E-state index in [9.17, 15) is 9.59 Å². The first-order valence-electron chi connectivity index (χ1n) is 8.21. The maximum Gasteiger partial charge on any atom is 0.316 e. The molecule has 0 aliphatic carbocycles. The van der Waals surface area contributed by atoms with E-state index in [0.717, 1.165) is 26.9 Å². The van der Waals surface area contributed by atoms with Crippen molar-refractivity contribution in [3.05, 3.63) is 57.6 Å². The van der Waals surface area contributed by atoms with E-state index in [4.69, 9.17) is 4.74 Å². The molecule has 1 heterocycles. The van der Waals surface area contributed by atoms with Gasteiger partial charge in [0.1, 0.15) is 5.75 Å². The number of esters is 1. The average molecular weight is 402 g/mol. The highest BCUT2D eigenvalue weighted by molar-refractivity contribution is 9.10. The van der Waals surface area contributed by atoms with E-state index in [1.807, 2.05) is 57.2 Å². The minimum atomic E-state index is -0.449. The summed E-state index contributed by atoms with van der Waals surface area (Å²) in [7, 11) is 0. The van der Waals surface area contributed by atoms with Crippen molar-refractivity contribution in [1.82, 2.24) is 0 Å². The van der Waals surface area contributed by atoms with Crippen LogP contribution in [0.25, 0.3) is 0 Å². The lowest BCUT2D eigenvalue weighted by Gasteiger charge is -2.17. The van der Waals surface area contributed by atoms with Crippen molar-refractivity contribution < 1.29 is 14.3 Å². The topological polar surface area (TPSA) is 46.6 Å². The molecule has 1 aliphatic rings. The van der Waals surface area contributed by atoms with Crippen molar-refractivity contribution >= 4 is 33.5 Å². The lowest BCUT2D eigenvalue weighted by atomic mass is 10.0. The molecular formula is C20H20BrNO3. The maximum absolute atomic E-state index is 12.6. The molecule has 1 saturated heterocycles. The molecule has 1 fully saturated rings. The van der Waals surface area contributed by atoms with Crippen LogP contribution in [0.5, 0.6) is 5.75 Å². The fourth-order valence-corrected chi connectivity index (χ4v) is 3.27. The van der Waals surface area contributed by atoms with E-state index < -0.39 is 5.92 Å². The van der Waals surface area contributed by atoms with Crippen LogP contribution in [-0.4, -0.2) is 18.4 Å². The minimum Gasteiger partial charge on any atom is -0.426 e. The lowest BCUT2D eigenvalue weighted by molar-refractivity contribution is -0.139. The van der Waals surface area contributed by atoms with E-state index >= 15 is 0 Å². The summed E-state index contributed by atoms with van der Waals surface area (Å²) >= 11 is 3.38. The Morgan fingerprint density at radius 2 is 1.72 bits per heavy atom. The maximum atomic E-state index is 12.6. The van der Waals surface area contributed by atoms with E-state index in [-0.39, 0.29) is 18.3 Å². The summed E-state index contributed by atoms with van der Waals surface area (Å²) in [6.07, 6.45) is 0.179. The Balaban J connectivity index is 1.75. The van der Waals surface area contributed by atoms with Gasteiger partial charge in [-0.15, -0.1) is 0 Å². The van der Waals surface area contributed by atoms with Crippen LogP contribution >= 0.6 is 15.9 Å². The number of benzene rings is 2. The molecule has 0 saturated carbocycles. The second-order valence-corrected chi connectivity index (χ2v) is 7.37. The Hall–Kier alpha value is -2.14.